The zero-order valence-corrected chi connectivity index (χ0v) is 15.5. The highest BCUT2D eigenvalue weighted by Crippen LogP contribution is 2.24. The Morgan fingerprint density at radius 2 is 1.85 bits per heavy atom. The van der Waals surface area contributed by atoms with Crippen LogP contribution in [0.15, 0.2) is 29.2 Å². The number of amides is 1. The first-order valence-electron chi connectivity index (χ1n) is 8.46. The highest BCUT2D eigenvalue weighted by molar-refractivity contribution is 7.89. The fourth-order valence-corrected chi connectivity index (χ4v) is 4.32. The van der Waals surface area contributed by atoms with Crippen LogP contribution in [-0.2, 0) is 19.6 Å². The predicted molar refractivity (Wildman–Crippen MR) is 94.4 cm³/mol. The number of carboxylic acid groups (broad SMARTS) is 1. The molecule has 8 nitrogen and oxygen atoms in total. The molecule has 2 N–H and O–H groups in total. The van der Waals surface area contributed by atoms with Crippen molar-refractivity contribution in [3.8, 4) is 0 Å². The first-order valence-corrected chi connectivity index (χ1v) is 9.90. The lowest BCUT2D eigenvalue weighted by Crippen LogP contribution is -2.43. The number of ether oxygens (including phenoxy) is 1. The van der Waals surface area contributed by atoms with Crippen LogP contribution in [0.1, 0.15) is 29.6 Å². The zero-order valence-electron chi connectivity index (χ0n) is 14.7. The van der Waals surface area contributed by atoms with E-state index in [1.165, 1.54) is 28.6 Å². The second-order valence-electron chi connectivity index (χ2n) is 6.15. The SMILES string of the molecule is COCCCNC(=O)C1CCN(S(=O)(=O)c2ccc(C(=O)O)cc2)CC1. The molecule has 1 aromatic rings. The van der Waals surface area contributed by atoms with Gasteiger partial charge < -0.3 is 15.2 Å². The lowest BCUT2D eigenvalue weighted by Gasteiger charge is -2.30. The number of nitrogens with one attached hydrogen (secondary N) is 1. The monoisotopic (exact) mass is 384 g/mol. The van der Waals surface area contributed by atoms with Crippen LogP contribution < -0.4 is 5.32 Å². The van der Waals surface area contributed by atoms with Crippen molar-refractivity contribution in [1.29, 1.82) is 0 Å². The van der Waals surface area contributed by atoms with E-state index in [-0.39, 0.29) is 35.4 Å². The second kappa shape index (κ2) is 9.11. The van der Waals surface area contributed by atoms with E-state index >= 15 is 0 Å². The summed E-state index contributed by atoms with van der Waals surface area (Å²) in [6, 6.07) is 5.14. The molecule has 1 heterocycles. The Morgan fingerprint density at radius 1 is 1.23 bits per heavy atom. The van der Waals surface area contributed by atoms with Crippen molar-refractivity contribution in [1.82, 2.24) is 9.62 Å². The molecule has 0 atom stereocenters. The molecule has 0 aliphatic carbocycles. The van der Waals surface area contributed by atoms with Crippen LogP contribution in [0.4, 0.5) is 0 Å². The van der Waals surface area contributed by atoms with Crippen LogP contribution in [0, 0.1) is 5.92 Å². The Kier molecular flexibility index (Phi) is 7.13. The maximum Gasteiger partial charge on any atom is 0.335 e. The van der Waals surface area contributed by atoms with Gasteiger partial charge in [-0.3, -0.25) is 4.79 Å². The number of hydrogen-bond acceptors (Lipinski definition) is 5. The molecule has 1 aliphatic heterocycles. The maximum atomic E-state index is 12.7. The molecule has 1 fully saturated rings. The van der Waals surface area contributed by atoms with Crippen LogP contribution in [-0.4, -0.2) is 63.1 Å². The molecule has 1 aromatic carbocycles. The summed E-state index contributed by atoms with van der Waals surface area (Å²) < 4.78 is 31.6. The first kappa shape index (κ1) is 20.3. The van der Waals surface area contributed by atoms with Gasteiger partial charge in [0.05, 0.1) is 10.5 Å². The van der Waals surface area contributed by atoms with Gasteiger partial charge in [0.1, 0.15) is 0 Å². The van der Waals surface area contributed by atoms with Crippen molar-refractivity contribution in [3.63, 3.8) is 0 Å². The third kappa shape index (κ3) is 5.03. The number of rotatable bonds is 8. The molecule has 26 heavy (non-hydrogen) atoms. The van der Waals surface area contributed by atoms with Crippen LogP contribution in [0.25, 0.3) is 0 Å². The number of carboxylic acids is 1. The molecular formula is C17H24N2O6S. The summed E-state index contributed by atoms with van der Waals surface area (Å²) in [5.41, 5.74) is 0.0350. The highest BCUT2D eigenvalue weighted by atomic mass is 32.2. The smallest absolute Gasteiger partial charge is 0.335 e. The van der Waals surface area contributed by atoms with Gasteiger partial charge in [-0.15, -0.1) is 0 Å². The molecule has 0 spiro atoms. The fourth-order valence-electron chi connectivity index (χ4n) is 2.85. The number of methoxy groups -OCH3 is 1. The highest BCUT2D eigenvalue weighted by Gasteiger charge is 2.32. The van der Waals surface area contributed by atoms with Crippen LogP contribution >= 0.6 is 0 Å². The number of carbonyl (C=O) groups is 2. The summed E-state index contributed by atoms with van der Waals surface area (Å²) in [4.78, 5) is 23.0. The Labute approximate surface area is 153 Å². The minimum absolute atomic E-state index is 0.0350. The van der Waals surface area contributed by atoms with Crippen LogP contribution in [0.3, 0.4) is 0 Å². The number of aromatic carboxylic acids is 1. The van der Waals surface area contributed by atoms with Gasteiger partial charge in [-0.25, -0.2) is 13.2 Å². The molecule has 1 saturated heterocycles. The molecule has 1 aliphatic rings. The Hall–Kier alpha value is -1.97. The molecule has 0 aromatic heterocycles. The quantitative estimate of drug-likeness (QED) is 0.645. The van der Waals surface area contributed by atoms with Gasteiger partial charge in [-0.1, -0.05) is 0 Å². The first-order chi connectivity index (χ1) is 12.4. The van der Waals surface area contributed by atoms with Gasteiger partial charge in [0.2, 0.25) is 15.9 Å². The van der Waals surface area contributed by atoms with E-state index in [0.29, 0.717) is 26.0 Å². The molecule has 2 rings (SSSR count). The van der Waals surface area contributed by atoms with Crippen molar-refractivity contribution in [2.24, 2.45) is 5.92 Å². The van der Waals surface area contributed by atoms with E-state index in [1.807, 2.05) is 0 Å². The van der Waals surface area contributed by atoms with Crippen molar-refractivity contribution in [2.45, 2.75) is 24.2 Å². The lowest BCUT2D eigenvalue weighted by atomic mass is 9.97. The second-order valence-corrected chi connectivity index (χ2v) is 8.08. The number of benzene rings is 1. The minimum atomic E-state index is -3.69. The van der Waals surface area contributed by atoms with Crippen molar-refractivity contribution in [2.75, 3.05) is 33.4 Å². The number of carbonyl (C=O) groups excluding carboxylic acids is 1. The zero-order chi connectivity index (χ0) is 19.2. The molecule has 1 amide bonds. The molecule has 144 valence electrons. The van der Waals surface area contributed by atoms with Gasteiger partial charge in [-0.2, -0.15) is 4.31 Å². The molecular weight excluding hydrogens is 360 g/mol. The minimum Gasteiger partial charge on any atom is -0.478 e. The molecule has 9 heteroatoms. The number of sulfonamides is 1. The van der Waals surface area contributed by atoms with Gasteiger partial charge in [0.25, 0.3) is 0 Å². The van der Waals surface area contributed by atoms with Crippen LogP contribution in [0.5, 0.6) is 0 Å². The summed E-state index contributed by atoms with van der Waals surface area (Å²) in [6.45, 7) is 1.65. The Morgan fingerprint density at radius 3 is 2.38 bits per heavy atom. The average Bonchev–Trinajstić information content (AvgIpc) is 2.65. The van der Waals surface area contributed by atoms with Crippen molar-refractivity contribution < 1.29 is 27.9 Å². The normalized spacial score (nSPS) is 16.3. The number of piperidine rings is 1. The molecule has 0 unspecified atom stereocenters. The van der Waals surface area contributed by atoms with E-state index < -0.39 is 16.0 Å². The van der Waals surface area contributed by atoms with E-state index in [0.717, 1.165) is 6.42 Å². The summed E-state index contributed by atoms with van der Waals surface area (Å²) >= 11 is 0. The van der Waals surface area contributed by atoms with Gasteiger partial charge >= 0.3 is 5.97 Å². The van der Waals surface area contributed by atoms with E-state index in [1.54, 1.807) is 7.11 Å². The molecule has 0 radical (unpaired) electrons. The Bertz CT molecular complexity index is 724. The third-order valence-electron chi connectivity index (χ3n) is 4.39. The largest absolute Gasteiger partial charge is 0.478 e. The summed E-state index contributed by atoms with van der Waals surface area (Å²) in [6.07, 6.45) is 1.66. The maximum absolute atomic E-state index is 12.7. The number of hydrogen-bond donors (Lipinski definition) is 2. The summed E-state index contributed by atoms with van der Waals surface area (Å²) in [7, 11) is -2.08. The summed E-state index contributed by atoms with van der Waals surface area (Å²) in [5, 5.41) is 11.7. The van der Waals surface area contributed by atoms with Gasteiger partial charge in [0, 0.05) is 39.3 Å². The van der Waals surface area contributed by atoms with Crippen molar-refractivity contribution in [3.05, 3.63) is 29.8 Å². The molecule has 0 saturated carbocycles. The van der Waals surface area contributed by atoms with Gasteiger partial charge in [0.15, 0.2) is 0 Å². The number of nitrogens with zero attached hydrogens (tertiary/aromatic N) is 1. The van der Waals surface area contributed by atoms with E-state index in [9.17, 15) is 18.0 Å². The summed E-state index contributed by atoms with van der Waals surface area (Å²) in [5.74, 6) is -1.35. The fraction of sp³-hybridized carbons (Fsp3) is 0.529. The van der Waals surface area contributed by atoms with E-state index in [2.05, 4.69) is 5.32 Å². The third-order valence-corrected chi connectivity index (χ3v) is 6.30. The average molecular weight is 384 g/mol. The topological polar surface area (TPSA) is 113 Å². The van der Waals surface area contributed by atoms with Crippen molar-refractivity contribution >= 4 is 21.9 Å². The van der Waals surface area contributed by atoms with E-state index in [4.69, 9.17) is 9.84 Å². The van der Waals surface area contributed by atoms with Gasteiger partial charge in [-0.05, 0) is 43.5 Å². The standard InChI is InChI=1S/C17H24N2O6S/c1-25-12-2-9-18-16(20)13-7-10-19(11-8-13)26(23,24)15-5-3-14(4-6-15)17(21)22/h3-6,13H,2,7-12H2,1H3,(H,18,20)(H,21,22). The Balaban J connectivity index is 1.91. The molecule has 0 bridgehead atoms. The predicted octanol–water partition coefficient (Wildman–Crippen LogP) is 0.938. The van der Waals surface area contributed by atoms with Crippen LogP contribution in [0.2, 0.25) is 0 Å². The lowest BCUT2D eigenvalue weighted by molar-refractivity contribution is -0.126.